The van der Waals surface area contributed by atoms with E-state index in [1.165, 1.54) is 29.6 Å². The lowest BCUT2D eigenvalue weighted by molar-refractivity contribution is -0.124. The standard InChI is InChI=1S/C22H34N2O6S/c1-6-7-17(4)23-21(25)14-30-22(26)18-8-9-19(29-5)20(11-18)31(27,28)24-12-15(2)10-16(3)13-24/h8-9,11,15-17H,6-7,10,12-14H2,1-5H3,(H,23,25). The number of methoxy groups -OCH3 is 1. The zero-order valence-electron chi connectivity index (χ0n) is 19.0. The van der Waals surface area contributed by atoms with E-state index in [0.29, 0.717) is 13.1 Å². The molecule has 1 aliphatic heterocycles. The van der Waals surface area contributed by atoms with Gasteiger partial charge in [0.2, 0.25) is 10.0 Å². The van der Waals surface area contributed by atoms with Gasteiger partial charge in [-0.2, -0.15) is 4.31 Å². The number of hydrogen-bond acceptors (Lipinski definition) is 6. The van der Waals surface area contributed by atoms with Gasteiger partial charge < -0.3 is 14.8 Å². The Hall–Kier alpha value is -2.13. The van der Waals surface area contributed by atoms with Gasteiger partial charge in [0.05, 0.1) is 12.7 Å². The molecule has 0 aromatic heterocycles. The first-order valence-corrected chi connectivity index (χ1v) is 12.2. The van der Waals surface area contributed by atoms with Crippen molar-refractivity contribution in [3.63, 3.8) is 0 Å². The largest absolute Gasteiger partial charge is 0.495 e. The summed E-state index contributed by atoms with van der Waals surface area (Å²) >= 11 is 0. The van der Waals surface area contributed by atoms with Crippen LogP contribution >= 0.6 is 0 Å². The summed E-state index contributed by atoms with van der Waals surface area (Å²) in [5.41, 5.74) is 0.0480. The number of piperidine rings is 1. The maximum absolute atomic E-state index is 13.3. The van der Waals surface area contributed by atoms with Crippen LogP contribution < -0.4 is 10.1 Å². The number of benzene rings is 1. The molecule has 2 rings (SSSR count). The second-order valence-electron chi connectivity index (χ2n) is 8.47. The molecular formula is C22H34N2O6S. The maximum atomic E-state index is 13.3. The lowest BCUT2D eigenvalue weighted by atomic mass is 9.94. The van der Waals surface area contributed by atoms with Crippen molar-refractivity contribution in [2.24, 2.45) is 11.8 Å². The topological polar surface area (TPSA) is 102 Å². The fourth-order valence-corrected chi connectivity index (χ4v) is 5.84. The Balaban J connectivity index is 2.18. The van der Waals surface area contributed by atoms with Crippen molar-refractivity contribution in [3.8, 4) is 5.75 Å². The van der Waals surface area contributed by atoms with Gasteiger partial charge in [0, 0.05) is 19.1 Å². The first-order chi connectivity index (χ1) is 14.6. The van der Waals surface area contributed by atoms with E-state index >= 15 is 0 Å². The van der Waals surface area contributed by atoms with E-state index in [9.17, 15) is 18.0 Å². The minimum absolute atomic E-state index is 0.0109. The van der Waals surface area contributed by atoms with Gasteiger partial charge >= 0.3 is 5.97 Å². The summed E-state index contributed by atoms with van der Waals surface area (Å²) in [6, 6.07) is 4.12. The zero-order valence-corrected chi connectivity index (χ0v) is 19.8. The molecule has 0 radical (unpaired) electrons. The average Bonchev–Trinajstić information content (AvgIpc) is 2.70. The zero-order chi connectivity index (χ0) is 23.2. The Kier molecular flexibility index (Phi) is 8.88. The molecule has 0 bridgehead atoms. The van der Waals surface area contributed by atoms with Crippen LogP contribution in [0.15, 0.2) is 23.1 Å². The average molecular weight is 455 g/mol. The highest BCUT2D eigenvalue weighted by atomic mass is 32.2. The van der Waals surface area contributed by atoms with E-state index in [1.807, 2.05) is 27.7 Å². The van der Waals surface area contributed by atoms with Gasteiger partial charge in [-0.25, -0.2) is 13.2 Å². The van der Waals surface area contributed by atoms with E-state index in [1.54, 1.807) is 0 Å². The molecule has 1 saturated heterocycles. The van der Waals surface area contributed by atoms with Crippen molar-refractivity contribution >= 4 is 21.9 Å². The van der Waals surface area contributed by atoms with Gasteiger partial charge in [-0.3, -0.25) is 4.79 Å². The molecule has 3 unspecified atom stereocenters. The quantitative estimate of drug-likeness (QED) is 0.576. The number of carbonyl (C=O) groups is 2. The van der Waals surface area contributed by atoms with Crippen molar-refractivity contribution in [3.05, 3.63) is 23.8 Å². The van der Waals surface area contributed by atoms with Gasteiger partial charge in [0.1, 0.15) is 10.6 Å². The Morgan fingerprint density at radius 2 is 1.87 bits per heavy atom. The molecule has 31 heavy (non-hydrogen) atoms. The maximum Gasteiger partial charge on any atom is 0.338 e. The summed E-state index contributed by atoms with van der Waals surface area (Å²) in [7, 11) is -2.47. The molecule has 8 nitrogen and oxygen atoms in total. The molecule has 0 aliphatic carbocycles. The molecule has 0 spiro atoms. The van der Waals surface area contributed by atoms with E-state index in [0.717, 1.165) is 19.3 Å². The molecule has 0 saturated carbocycles. The first-order valence-electron chi connectivity index (χ1n) is 10.7. The molecule has 1 heterocycles. The van der Waals surface area contributed by atoms with Crippen LogP contribution in [0.4, 0.5) is 0 Å². The van der Waals surface area contributed by atoms with Crippen molar-refractivity contribution in [2.45, 2.75) is 57.9 Å². The van der Waals surface area contributed by atoms with Gasteiger partial charge in [-0.15, -0.1) is 0 Å². The summed E-state index contributed by atoms with van der Waals surface area (Å²) in [5.74, 6) is -0.518. The van der Waals surface area contributed by atoms with E-state index in [2.05, 4.69) is 5.32 Å². The summed E-state index contributed by atoms with van der Waals surface area (Å²) in [4.78, 5) is 24.3. The summed E-state index contributed by atoms with van der Waals surface area (Å²) in [6.07, 6.45) is 2.72. The van der Waals surface area contributed by atoms with Crippen LogP contribution in [0.2, 0.25) is 0 Å². The number of carbonyl (C=O) groups excluding carboxylic acids is 2. The van der Waals surface area contributed by atoms with Crippen LogP contribution in [0.25, 0.3) is 0 Å². The number of rotatable bonds is 9. The van der Waals surface area contributed by atoms with E-state index in [4.69, 9.17) is 9.47 Å². The number of esters is 1. The van der Waals surface area contributed by atoms with Crippen molar-refractivity contribution in [2.75, 3.05) is 26.8 Å². The first kappa shape index (κ1) is 25.1. The molecule has 174 valence electrons. The predicted octanol–water partition coefficient (Wildman–Crippen LogP) is 2.82. The Morgan fingerprint density at radius 3 is 2.45 bits per heavy atom. The molecule has 1 aromatic rings. The third-order valence-corrected chi connectivity index (χ3v) is 7.17. The molecule has 1 amide bonds. The van der Waals surface area contributed by atoms with Gasteiger partial charge in [0.15, 0.2) is 6.61 Å². The molecular weight excluding hydrogens is 420 g/mol. The van der Waals surface area contributed by atoms with Crippen LogP contribution in [0.3, 0.4) is 0 Å². The third-order valence-electron chi connectivity index (χ3n) is 5.32. The molecule has 9 heteroatoms. The van der Waals surface area contributed by atoms with Crippen LogP contribution in [0.5, 0.6) is 5.75 Å². The number of hydrogen-bond donors (Lipinski definition) is 1. The van der Waals surface area contributed by atoms with Crippen molar-refractivity contribution in [1.82, 2.24) is 9.62 Å². The Bertz CT molecular complexity index is 876. The number of sulfonamides is 1. The molecule has 1 aliphatic rings. The molecule has 1 fully saturated rings. The van der Waals surface area contributed by atoms with Crippen LogP contribution in [0, 0.1) is 11.8 Å². The monoisotopic (exact) mass is 454 g/mol. The number of nitrogens with zero attached hydrogens (tertiary/aromatic N) is 1. The second-order valence-corrected chi connectivity index (χ2v) is 10.4. The summed E-state index contributed by atoms with van der Waals surface area (Å²) in [5, 5.41) is 2.75. The Morgan fingerprint density at radius 1 is 1.23 bits per heavy atom. The Labute approximate surface area is 185 Å². The fraction of sp³-hybridized carbons (Fsp3) is 0.636. The van der Waals surface area contributed by atoms with Crippen molar-refractivity contribution in [1.29, 1.82) is 0 Å². The third kappa shape index (κ3) is 6.67. The van der Waals surface area contributed by atoms with Gasteiger partial charge in [-0.05, 0) is 49.8 Å². The highest BCUT2D eigenvalue weighted by molar-refractivity contribution is 7.89. The fourth-order valence-electron chi connectivity index (χ4n) is 3.98. The van der Waals surface area contributed by atoms with Gasteiger partial charge in [-0.1, -0.05) is 27.2 Å². The second kappa shape index (κ2) is 10.9. The van der Waals surface area contributed by atoms with Crippen LogP contribution in [-0.4, -0.2) is 57.4 Å². The lowest BCUT2D eigenvalue weighted by Gasteiger charge is -2.34. The highest BCUT2D eigenvalue weighted by Crippen LogP contribution is 2.32. The number of ether oxygens (including phenoxy) is 2. The smallest absolute Gasteiger partial charge is 0.338 e. The van der Waals surface area contributed by atoms with Crippen molar-refractivity contribution < 1.29 is 27.5 Å². The molecule has 3 atom stereocenters. The minimum Gasteiger partial charge on any atom is -0.495 e. The summed E-state index contributed by atoms with van der Waals surface area (Å²) in [6.45, 7) is 8.35. The number of nitrogens with one attached hydrogen (secondary N) is 1. The van der Waals surface area contributed by atoms with Gasteiger partial charge in [0.25, 0.3) is 5.91 Å². The normalized spacial score (nSPS) is 20.7. The molecule has 1 N–H and O–H groups in total. The molecule has 1 aromatic carbocycles. The van der Waals surface area contributed by atoms with E-state index in [-0.39, 0.29) is 34.1 Å². The number of amides is 1. The minimum atomic E-state index is -3.86. The van der Waals surface area contributed by atoms with E-state index < -0.39 is 28.5 Å². The van der Waals surface area contributed by atoms with Crippen LogP contribution in [0.1, 0.15) is 57.3 Å². The van der Waals surface area contributed by atoms with Crippen LogP contribution in [-0.2, 0) is 19.6 Å². The summed E-state index contributed by atoms with van der Waals surface area (Å²) < 4.78 is 38.4. The SMILES string of the molecule is CCCC(C)NC(=O)COC(=O)c1ccc(OC)c(S(=O)(=O)N2CC(C)CC(C)C2)c1. The lowest BCUT2D eigenvalue weighted by Crippen LogP contribution is -2.42. The highest BCUT2D eigenvalue weighted by Gasteiger charge is 2.34. The predicted molar refractivity (Wildman–Crippen MR) is 117 cm³/mol.